The first-order chi connectivity index (χ1) is 8.70. The molecule has 18 heavy (non-hydrogen) atoms. The Bertz CT molecular complexity index is 402. The van der Waals surface area contributed by atoms with Gasteiger partial charge >= 0.3 is 0 Å². The number of nitrogen functional groups attached to an aromatic ring is 1. The van der Waals surface area contributed by atoms with Gasteiger partial charge in [-0.1, -0.05) is 26.2 Å². The topological polar surface area (TPSA) is 68.0 Å². The number of hydrogen-bond donors (Lipinski definition) is 2. The van der Waals surface area contributed by atoms with E-state index in [1.165, 1.54) is 25.5 Å². The van der Waals surface area contributed by atoms with Crippen LogP contribution in [0.4, 0.5) is 5.82 Å². The number of aromatic nitrogens is 1. The zero-order chi connectivity index (χ0) is 13.0. The number of carbonyl (C=O) groups excluding carboxylic acids is 1. The number of nitrogens with one attached hydrogen (secondary N) is 1. The zero-order valence-corrected chi connectivity index (χ0v) is 10.9. The van der Waals surface area contributed by atoms with Gasteiger partial charge in [-0.15, -0.1) is 0 Å². The molecular formula is C14H21N3O. The quantitative estimate of drug-likeness (QED) is 0.861. The second-order valence-electron chi connectivity index (χ2n) is 5.00. The van der Waals surface area contributed by atoms with Crippen LogP contribution in [0.3, 0.4) is 0 Å². The highest BCUT2D eigenvalue weighted by Crippen LogP contribution is 2.26. The van der Waals surface area contributed by atoms with Crippen molar-refractivity contribution in [2.24, 2.45) is 5.92 Å². The van der Waals surface area contributed by atoms with Gasteiger partial charge in [0, 0.05) is 12.2 Å². The predicted molar refractivity (Wildman–Crippen MR) is 72.2 cm³/mol. The van der Waals surface area contributed by atoms with Gasteiger partial charge in [-0.3, -0.25) is 4.79 Å². The molecule has 1 aromatic heterocycles. The van der Waals surface area contributed by atoms with Gasteiger partial charge in [-0.25, -0.2) is 4.98 Å². The predicted octanol–water partition coefficient (Wildman–Crippen LogP) is 2.36. The molecule has 1 saturated carbocycles. The van der Waals surface area contributed by atoms with Crippen LogP contribution in [0.25, 0.3) is 0 Å². The fraction of sp³-hybridized carbons (Fsp3) is 0.571. The van der Waals surface area contributed by atoms with Crippen molar-refractivity contribution < 1.29 is 4.79 Å². The van der Waals surface area contributed by atoms with Crippen LogP contribution in [0.2, 0.25) is 0 Å². The molecule has 98 valence electrons. The van der Waals surface area contributed by atoms with Crippen molar-refractivity contribution in [1.82, 2.24) is 10.3 Å². The minimum Gasteiger partial charge on any atom is -0.384 e. The van der Waals surface area contributed by atoms with E-state index in [1.807, 2.05) is 0 Å². The molecule has 0 spiro atoms. The van der Waals surface area contributed by atoms with Gasteiger partial charge in [0.1, 0.15) is 5.82 Å². The standard InChI is InChI=1S/C14H21N3O/c1-2-10-5-3-4-6-12(10)17-14(18)11-7-8-13(15)16-9-11/h7-10,12H,2-6H2,1H3,(H2,15,16)(H,17,18). The molecule has 4 heteroatoms. The lowest BCUT2D eigenvalue weighted by Crippen LogP contribution is -2.41. The summed E-state index contributed by atoms with van der Waals surface area (Å²) in [7, 11) is 0. The van der Waals surface area contributed by atoms with E-state index in [9.17, 15) is 4.79 Å². The van der Waals surface area contributed by atoms with Crippen molar-refractivity contribution in [3.8, 4) is 0 Å². The highest BCUT2D eigenvalue weighted by molar-refractivity contribution is 5.94. The number of anilines is 1. The maximum Gasteiger partial charge on any atom is 0.253 e. The summed E-state index contributed by atoms with van der Waals surface area (Å²) in [5.74, 6) is 1.02. The molecule has 1 fully saturated rings. The molecule has 0 aliphatic heterocycles. The first kappa shape index (κ1) is 12.9. The largest absolute Gasteiger partial charge is 0.384 e. The highest BCUT2D eigenvalue weighted by atomic mass is 16.1. The molecule has 0 bridgehead atoms. The number of nitrogens with two attached hydrogens (primary N) is 1. The number of pyridine rings is 1. The van der Waals surface area contributed by atoms with Gasteiger partial charge < -0.3 is 11.1 Å². The SMILES string of the molecule is CCC1CCCCC1NC(=O)c1ccc(N)nc1. The van der Waals surface area contributed by atoms with E-state index >= 15 is 0 Å². The summed E-state index contributed by atoms with van der Waals surface area (Å²) in [5.41, 5.74) is 6.10. The van der Waals surface area contributed by atoms with E-state index in [0.717, 1.165) is 12.8 Å². The molecule has 2 rings (SSSR count). The smallest absolute Gasteiger partial charge is 0.253 e. The number of rotatable bonds is 3. The summed E-state index contributed by atoms with van der Waals surface area (Å²) in [5, 5.41) is 3.14. The fourth-order valence-corrected chi connectivity index (χ4v) is 2.68. The normalized spacial score (nSPS) is 23.6. The van der Waals surface area contributed by atoms with Gasteiger partial charge in [0.25, 0.3) is 5.91 Å². The summed E-state index contributed by atoms with van der Waals surface area (Å²) < 4.78 is 0. The van der Waals surface area contributed by atoms with Crippen LogP contribution in [-0.4, -0.2) is 16.9 Å². The second kappa shape index (κ2) is 5.85. The molecule has 2 atom stereocenters. The molecule has 1 aliphatic carbocycles. The van der Waals surface area contributed by atoms with Gasteiger partial charge in [0.05, 0.1) is 5.56 Å². The van der Waals surface area contributed by atoms with Gasteiger partial charge in [0.2, 0.25) is 0 Å². The van der Waals surface area contributed by atoms with Gasteiger partial charge in [0.15, 0.2) is 0 Å². The third kappa shape index (κ3) is 3.00. The molecular weight excluding hydrogens is 226 g/mol. The highest BCUT2D eigenvalue weighted by Gasteiger charge is 2.25. The second-order valence-corrected chi connectivity index (χ2v) is 5.00. The van der Waals surface area contributed by atoms with Crippen LogP contribution in [-0.2, 0) is 0 Å². The minimum absolute atomic E-state index is 0.0344. The summed E-state index contributed by atoms with van der Waals surface area (Å²) in [6.07, 6.45) is 7.48. The molecule has 1 heterocycles. The van der Waals surface area contributed by atoms with Crippen LogP contribution in [0.15, 0.2) is 18.3 Å². The van der Waals surface area contributed by atoms with E-state index in [4.69, 9.17) is 5.73 Å². The van der Waals surface area contributed by atoms with E-state index in [0.29, 0.717) is 23.3 Å². The number of carbonyl (C=O) groups is 1. The Balaban J connectivity index is 1.99. The number of nitrogens with zero attached hydrogens (tertiary/aromatic N) is 1. The van der Waals surface area contributed by atoms with Crippen molar-refractivity contribution in [2.75, 3.05) is 5.73 Å². The van der Waals surface area contributed by atoms with E-state index < -0.39 is 0 Å². The van der Waals surface area contributed by atoms with E-state index in [-0.39, 0.29) is 5.91 Å². The molecule has 0 aromatic carbocycles. The number of hydrogen-bond acceptors (Lipinski definition) is 3. The maximum atomic E-state index is 12.1. The van der Waals surface area contributed by atoms with Crippen molar-refractivity contribution in [2.45, 2.75) is 45.1 Å². The Labute approximate surface area is 108 Å². The Morgan fingerprint density at radius 3 is 2.89 bits per heavy atom. The van der Waals surface area contributed by atoms with Crippen LogP contribution in [0, 0.1) is 5.92 Å². The van der Waals surface area contributed by atoms with E-state index in [1.54, 1.807) is 12.1 Å². The molecule has 0 radical (unpaired) electrons. The lowest BCUT2D eigenvalue weighted by Gasteiger charge is -2.31. The number of amides is 1. The first-order valence-electron chi connectivity index (χ1n) is 6.73. The maximum absolute atomic E-state index is 12.1. The lowest BCUT2D eigenvalue weighted by molar-refractivity contribution is 0.0904. The van der Waals surface area contributed by atoms with Crippen molar-refractivity contribution in [1.29, 1.82) is 0 Å². The molecule has 1 amide bonds. The van der Waals surface area contributed by atoms with Crippen LogP contribution < -0.4 is 11.1 Å². The third-order valence-electron chi connectivity index (χ3n) is 3.80. The van der Waals surface area contributed by atoms with Crippen molar-refractivity contribution >= 4 is 11.7 Å². The van der Waals surface area contributed by atoms with Crippen LogP contribution in [0.5, 0.6) is 0 Å². The van der Waals surface area contributed by atoms with Crippen molar-refractivity contribution in [3.63, 3.8) is 0 Å². The Kier molecular flexibility index (Phi) is 4.18. The third-order valence-corrected chi connectivity index (χ3v) is 3.80. The summed E-state index contributed by atoms with van der Waals surface area (Å²) >= 11 is 0. The Morgan fingerprint density at radius 2 is 2.22 bits per heavy atom. The Hall–Kier alpha value is -1.58. The minimum atomic E-state index is -0.0344. The first-order valence-corrected chi connectivity index (χ1v) is 6.73. The van der Waals surface area contributed by atoms with Crippen molar-refractivity contribution in [3.05, 3.63) is 23.9 Å². The molecule has 1 aromatic rings. The Morgan fingerprint density at radius 1 is 1.44 bits per heavy atom. The monoisotopic (exact) mass is 247 g/mol. The van der Waals surface area contributed by atoms with Gasteiger partial charge in [-0.05, 0) is 30.9 Å². The lowest BCUT2D eigenvalue weighted by atomic mass is 9.83. The molecule has 0 saturated heterocycles. The van der Waals surface area contributed by atoms with Crippen LogP contribution in [0.1, 0.15) is 49.4 Å². The molecule has 2 unspecified atom stereocenters. The van der Waals surface area contributed by atoms with Gasteiger partial charge in [-0.2, -0.15) is 0 Å². The molecule has 3 N–H and O–H groups in total. The average Bonchev–Trinajstić information content (AvgIpc) is 2.40. The fourth-order valence-electron chi connectivity index (χ4n) is 2.68. The average molecular weight is 247 g/mol. The van der Waals surface area contributed by atoms with E-state index in [2.05, 4.69) is 17.2 Å². The zero-order valence-electron chi connectivity index (χ0n) is 10.9. The van der Waals surface area contributed by atoms with Crippen LogP contribution >= 0.6 is 0 Å². The summed E-state index contributed by atoms with van der Waals surface area (Å²) in [4.78, 5) is 16.0. The molecule has 4 nitrogen and oxygen atoms in total. The molecule has 1 aliphatic rings. The summed E-state index contributed by atoms with van der Waals surface area (Å²) in [6, 6.07) is 3.70. The summed E-state index contributed by atoms with van der Waals surface area (Å²) in [6.45, 7) is 2.19.